The van der Waals surface area contributed by atoms with E-state index in [1.165, 1.54) is 24.0 Å². The fourth-order valence-electron chi connectivity index (χ4n) is 2.66. The van der Waals surface area contributed by atoms with Crippen molar-refractivity contribution in [1.29, 1.82) is 0 Å². The quantitative estimate of drug-likeness (QED) is 0.940. The predicted octanol–water partition coefficient (Wildman–Crippen LogP) is 3.47. The Morgan fingerprint density at radius 2 is 1.91 bits per heavy atom. The number of anilines is 3. The van der Waals surface area contributed by atoms with E-state index in [2.05, 4.69) is 64.4 Å². The average molecular weight is 297 g/mol. The van der Waals surface area contributed by atoms with E-state index >= 15 is 0 Å². The van der Waals surface area contributed by atoms with Crippen molar-refractivity contribution in [2.24, 2.45) is 5.92 Å². The molecule has 0 unspecified atom stereocenters. The van der Waals surface area contributed by atoms with Crippen LogP contribution >= 0.6 is 0 Å². The van der Waals surface area contributed by atoms with Gasteiger partial charge in [0.15, 0.2) is 5.82 Å². The normalized spacial score (nSPS) is 15.9. The van der Waals surface area contributed by atoms with Crippen LogP contribution in [0.1, 0.15) is 30.9 Å². The zero-order chi connectivity index (χ0) is 15.5. The third-order valence-electron chi connectivity index (χ3n) is 4.39. The average Bonchev–Trinajstić information content (AvgIpc) is 2.52. The topological polar surface area (TPSA) is 53.9 Å². The molecule has 0 atom stereocenters. The first-order valence-corrected chi connectivity index (χ1v) is 7.91. The van der Waals surface area contributed by atoms with Gasteiger partial charge in [0.2, 0.25) is 5.95 Å². The smallest absolute Gasteiger partial charge is 0.247 e. The predicted molar refractivity (Wildman–Crippen MR) is 89.6 cm³/mol. The first-order chi connectivity index (χ1) is 10.6. The van der Waals surface area contributed by atoms with Gasteiger partial charge < -0.3 is 10.2 Å². The maximum Gasteiger partial charge on any atom is 0.247 e. The molecular formula is C17H23N5. The van der Waals surface area contributed by atoms with Crippen molar-refractivity contribution in [3.05, 3.63) is 35.5 Å². The van der Waals surface area contributed by atoms with E-state index in [0.717, 1.165) is 36.5 Å². The molecule has 0 radical (unpaired) electrons. The second kappa shape index (κ2) is 6.30. The van der Waals surface area contributed by atoms with E-state index in [1.54, 1.807) is 6.20 Å². The standard InChI is InChI=1S/C17H23N5/c1-12-6-8-22(9-7-12)17-20-16(11-18-21-17)19-15-5-4-13(2)14(3)10-15/h4-5,10-12H,6-9H2,1-3H3,(H,19,20,21). The molecule has 2 heterocycles. The number of nitrogens with zero attached hydrogens (tertiary/aromatic N) is 4. The third kappa shape index (κ3) is 3.35. The molecule has 22 heavy (non-hydrogen) atoms. The number of hydrogen-bond donors (Lipinski definition) is 1. The van der Waals surface area contributed by atoms with Gasteiger partial charge in [0.25, 0.3) is 0 Å². The van der Waals surface area contributed by atoms with E-state index in [9.17, 15) is 0 Å². The van der Waals surface area contributed by atoms with Crippen LogP contribution in [-0.2, 0) is 0 Å². The molecule has 1 N–H and O–H groups in total. The summed E-state index contributed by atoms with van der Waals surface area (Å²) >= 11 is 0. The SMILES string of the molecule is Cc1ccc(Nc2cnnc(N3CCC(C)CC3)n2)cc1C. The Balaban J connectivity index is 1.74. The Morgan fingerprint density at radius 3 is 2.64 bits per heavy atom. The van der Waals surface area contributed by atoms with Crippen molar-refractivity contribution < 1.29 is 0 Å². The van der Waals surface area contributed by atoms with E-state index in [1.807, 2.05) is 0 Å². The lowest BCUT2D eigenvalue weighted by atomic mass is 10.00. The molecule has 0 amide bonds. The van der Waals surface area contributed by atoms with Gasteiger partial charge in [-0.2, -0.15) is 10.1 Å². The molecule has 1 aliphatic heterocycles. The maximum atomic E-state index is 4.61. The highest BCUT2D eigenvalue weighted by Crippen LogP contribution is 2.22. The summed E-state index contributed by atoms with van der Waals surface area (Å²) in [6, 6.07) is 6.30. The molecule has 2 aromatic rings. The maximum absolute atomic E-state index is 4.61. The van der Waals surface area contributed by atoms with Gasteiger partial charge in [-0.3, -0.25) is 0 Å². The fraction of sp³-hybridized carbons (Fsp3) is 0.471. The van der Waals surface area contributed by atoms with Crippen molar-refractivity contribution in [2.45, 2.75) is 33.6 Å². The summed E-state index contributed by atoms with van der Waals surface area (Å²) in [5, 5.41) is 11.6. The second-order valence-corrected chi connectivity index (χ2v) is 6.24. The Labute approximate surface area is 131 Å². The molecule has 1 aromatic carbocycles. The highest BCUT2D eigenvalue weighted by molar-refractivity contribution is 5.58. The summed E-state index contributed by atoms with van der Waals surface area (Å²) in [5.41, 5.74) is 3.58. The van der Waals surface area contributed by atoms with Crippen molar-refractivity contribution in [3.63, 3.8) is 0 Å². The van der Waals surface area contributed by atoms with Crippen LogP contribution in [0.2, 0.25) is 0 Å². The summed E-state index contributed by atoms with van der Waals surface area (Å²) in [6.45, 7) is 8.54. The molecule has 1 aliphatic rings. The number of nitrogens with one attached hydrogen (secondary N) is 1. The van der Waals surface area contributed by atoms with Gasteiger partial charge in [-0.25, -0.2) is 0 Å². The van der Waals surface area contributed by atoms with Gasteiger partial charge in [-0.15, -0.1) is 5.10 Å². The Bertz CT molecular complexity index is 647. The summed E-state index contributed by atoms with van der Waals surface area (Å²) in [7, 11) is 0. The van der Waals surface area contributed by atoms with Crippen LogP contribution in [0, 0.1) is 19.8 Å². The van der Waals surface area contributed by atoms with Gasteiger partial charge in [0.1, 0.15) is 0 Å². The molecule has 1 saturated heterocycles. The first-order valence-electron chi connectivity index (χ1n) is 7.91. The number of piperidine rings is 1. The van der Waals surface area contributed by atoms with Crippen molar-refractivity contribution in [2.75, 3.05) is 23.3 Å². The zero-order valence-electron chi connectivity index (χ0n) is 13.5. The van der Waals surface area contributed by atoms with Crippen molar-refractivity contribution in [1.82, 2.24) is 15.2 Å². The molecule has 0 spiro atoms. The molecule has 0 saturated carbocycles. The molecule has 116 valence electrons. The molecule has 0 bridgehead atoms. The lowest BCUT2D eigenvalue weighted by molar-refractivity contribution is 0.433. The lowest BCUT2D eigenvalue weighted by Gasteiger charge is -2.29. The summed E-state index contributed by atoms with van der Waals surface area (Å²) in [5.74, 6) is 2.26. The number of hydrogen-bond acceptors (Lipinski definition) is 5. The van der Waals surface area contributed by atoms with Crippen LogP contribution in [0.25, 0.3) is 0 Å². The molecule has 3 rings (SSSR count). The minimum Gasteiger partial charge on any atom is -0.339 e. The van der Waals surface area contributed by atoms with Crippen LogP contribution in [-0.4, -0.2) is 28.3 Å². The van der Waals surface area contributed by atoms with E-state index in [0.29, 0.717) is 0 Å². The van der Waals surface area contributed by atoms with Crippen LogP contribution in [0.4, 0.5) is 17.5 Å². The molecule has 0 aliphatic carbocycles. The fourth-order valence-corrected chi connectivity index (χ4v) is 2.66. The van der Waals surface area contributed by atoms with E-state index in [-0.39, 0.29) is 0 Å². The minimum absolute atomic E-state index is 0.723. The summed E-state index contributed by atoms with van der Waals surface area (Å²) in [6.07, 6.45) is 4.06. The molecular weight excluding hydrogens is 274 g/mol. The van der Waals surface area contributed by atoms with Crippen molar-refractivity contribution in [3.8, 4) is 0 Å². The van der Waals surface area contributed by atoms with E-state index in [4.69, 9.17) is 0 Å². The third-order valence-corrected chi connectivity index (χ3v) is 4.39. The molecule has 1 aromatic heterocycles. The van der Waals surface area contributed by atoms with Crippen LogP contribution < -0.4 is 10.2 Å². The van der Waals surface area contributed by atoms with Crippen molar-refractivity contribution >= 4 is 17.5 Å². The Hall–Kier alpha value is -2.17. The molecule has 1 fully saturated rings. The summed E-state index contributed by atoms with van der Waals surface area (Å²) < 4.78 is 0. The van der Waals surface area contributed by atoms with Crippen LogP contribution in [0.5, 0.6) is 0 Å². The minimum atomic E-state index is 0.723. The summed E-state index contributed by atoms with van der Waals surface area (Å²) in [4.78, 5) is 6.83. The second-order valence-electron chi connectivity index (χ2n) is 6.24. The van der Waals surface area contributed by atoms with Gasteiger partial charge in [0.05, 0.1) is 6.20 Å². The Kier molecular flexibility index (Phi) is 4.22. The monoisotopic (exact) mass is 297 g/mol. The highest BCUT2D eigenvalue weighted by Gasteiger charge is 2.18. The van der Waals surface area contributed by atoms with Gasteiger partial charge >= 0.3 is 0 Å². The lowest BCUT2D eigenvalue weighted by Crippen LogP contribution is -2.34. The van der Waals surface area contributed by atoms with Gasteiger partial charge in [-0.05, 0) is 55.9 Å². The number of benzene rings is 1. The van der Waals surface area contributed by atoms with Crippen LogP contribution in [0.3, 0.4) is 0 Å². The first kappa shape index (κ1) is 14.8. The molecule has 5 heteroatoms. The van der Waals surface area contributed by atoms with Crippen LogP contribution in [0.15, 0.2) is 24.4 Å². The Morgan fingerprint density at radius 1 is 1.14 bits per heavy atom. The van der Waals surface area contributed by atoms with Gasteiger partial charge in [-0.1, -0.05) is 13.0 Å². The van der Waals surface area contributed by atoms with E-state index < -0.39 is 0 Å². The number of aryl methyl sites for hydroxylation is 2. The number of rotatable bonds is 3. The molecule has 5 nitrogen and oxygen atoms in total. The number of aromatic nitrogens is 3. The zero-order valence-corrected chi connectivity index (χ0v) is 13.5. The van der Waals surface area contributed by atoms with Gasteiger partial charge in [0, 0.05) is 18.8 Å². The largest absolute Gasteiger partial charge is 0.339 e. The highest BCUT2D eigenvalue weighted by atomic mass is 15.3.